The van der Waals surface area contributed by atoms with Gasteiger partial charge in [-0.15, -0.1) is 37.2 Å². The van der Waals surface area contributed by atoms with E-state index in [-0.39, 0.29) is 49.2 Å². The first kappa shape index (κ1) is 27.7. The van der Waals surface area contributed by atoms with E-state index in [9.17, 15) is 5.11 Å². The van der Waals surface area contributed by atoms with Crippen molar-refractivity contribution in [3.8, 4) is 11.3 Å². The zero-order chi connectivity index (χ0) is 20.8. The molecule has 0 radical (unpaired) electrons. The van der Waals surface area contributed by atoms with E-state index in [0.717, 1.165) is 43.9 Å². The topological polar surface area (TPSA) is 84.9 Å². The quantitative estimate of drug-likeness (QED) is 0.307. The Morgan fingerprint density at radius 3 is 2.58 bits per heavy atom. The molecule has 2 heterocycles. The molecule has 2 aromatic carbocycles. The van der Waals surface area contributed by atoms with Crippen molar-refractivity contribution in [2.24, 2.45) is 5.73 Å². The zero-order valence-electron chi connectivity index (χ0n) is 17.6. The maximum absolute atomic E-state index is 10.3. The van der Waals surface area contributed by atoms with E-state index in [1.54, 1.807) is 6.33 Å². The van der Waals surface area contributed by atoms with Gasteiger partial charge in [0.1, 0.15) is 6.33 Å². The van der Waals surface area contributed by atoms with Gasteiger partial charge < -0.3 is 10.8 Å². The number of fused-ring (bicyclic) bond motifs is 2. The lowest BCUT2D eigenvalue weighted by Gasteiger charge is -2.12. The third-order valence-electron chi connectivity index (χ3n) is 5.83. The van der Waals surface area contributed by atoms with Gasteiger partial charge in [-0.3, -0.25) is 0 Å². The van der Waals surface area contributed by atoms with Gasteiger partial charge in [-0.2, -0.15) is 4.37 Å². The molecule has 176 valence electrons. The third-order valence-corrected chi connectivity index (χ3v) is 6.93. The van der Waals surface area contributed by atoms with Gasteiger partial charge in [0.2, 0.25) is 0 Å². The monoisotopic (exact) mass is 544 g/mol. The molecule has 3 N–H and O–H groups in total. The van der Waals surface area contributed by atoms with Crippen LogP contribution in [-0.4, -0.2) is 19.4 Å². The predicted molar refractivity (Wildman–Crippen MR) is 142 cm³/mol. The van der Waals surface area contributed by atoms with Gasteiger partial charge in [-0.1, -0.05) is 42.8 Å². The first-order valence-corrected chi connectivity index (χ1v) is 11.1. The van der Waals surface area contributed by atoms with Crippen LogP contribution >= 0.6 is 60.4 Å². The number of rotatable bonds is 4. The lowest BCUT2D eigenvalue weighted by Crippen LogP contribution is -2.13. The fourth-order valence-corrected chi connectivity index (χ4v) is 5.25. The predicted octanol–water partition coefficient (Wildman–Crippen LogP) is 6.46. The van der Waals surface area contributed by atoms with E-state index in [2.05, 4.69) is 39.5 Å². The molecule has 1 aliphatic carbocycles. The highest BCUT2D eigenvalue weighted by Gasteiger charge is 2.31. The summed E-state index contributed by atoms with van der Waals surface area (Å²) in [6.45, 7) is 2.11. The second-order valence-electron chi connectivity index (χ2n) is 7.88. The number of halogens is 4. The summed E-state index contributed by atoms with van der Waals surface area (Å²) in [6, 6.07) is 13.8. The largest absolute Gasteiger partial charge is 0.387 e. The average molecular weight is 546 g/mol. The highest BCUT2D eigenvalue weighted by molar-refractivity contribution is 7.13. The number of hydrogen-bond donors (Lipinski definition) is 2. The molecule has 3 atom stereocenters. The van der Waals surface area contributed by atoms with Crippen molar-refractivity contribution >= 4 is 70.4 Å². The Balaban J connectivity index is 0.00000128. The molecule has 0 fully saturated rings. The van der Waals surface area contributed by atoms with E-state index < -0.39 is 6.10 Å². The Morgan fingerprint density at radius 1 is 1.12 bits per heavy atom. The second kappa shape index (κ2) is 11.3. The molecule has 1 aliphatic rings. The van der Waals surface area contributed by atoms with Gasteiger partial charge >= 0.3 is 0 Å². The second-order valence-corrected chi connectivity index (χ2v) is 9.12. The van der Waals surface area contributed by atoms with Gasteiger partial charge in [0, 0.05) is 34.0 Å². The molecule has 1 unspecified atom stereocenters. The molecule has 0 amide bonds. The number of aliphatic hydroxyl groups excluding tert-OH is 1. The van der Waals surface area contributed by atoms with Crippen LogP contribution in [0, 0.1) is 0 Å². The summed E-state index contributed by atoms with van der Waals surface area (Å²) >= 11 is 7.46. The van der Waals surface area contributed by atoms with E-state index in [0.29, 0.717) is 17.9 Å². The summed E-state index contributed by atoms with van der Waals surface area (Å²) in [4.78, 5) is 8.86. The van der Waals surface area contributed by atoms with Crippen LogP contribution in [0.2, 0.25) is 5.02 Å². The van der Waals surface area contributed by atoms with Gasteiger partial charge in [0.25, 0.3) is 0 Å². The van der Waals surface area contributed by atoms with Crippen molar-refractivity contribution in [3.63, 3.8) is 0 Å². The van der Waals surface area contributed by atoms with Crippen LogP contribution in [0.15, 0.2) is 48.8 Å². The summed E-state index contributed by atoms with van der Waals surface area (Å²) in [5, 5.41) is 12.1. The zero-order valence-corrected chi connectivity index (χ0v) is 21.7. The van der Waals surface area contributed by atoms with Crippen molar-refractivity contribution in [1.82, 2.24) is 14.3 Å². The fourth-order valence-electron chi connectivity index (χ4n) is 4.28. The van der Waals surface area contributed by atoms with Crippen LogP contribution in [0.5, 0.6) is 0 Å². The van der Waals surface area contributed by atoms with Crippen molar-refractivity contribution < 1.29 is 5.11 Å². The standard InChI is InChI=1S/C23H21ClN4OS.3ClH/c1-12-8-19(29)23-21(12)22(26-11-27-23)14-4-7-16-18(28-30-20(16)9-14)10-17(25)13-2-5-15(24)6-3-13;;;/h2-7,9,11-12,17,19,29H,8,10,25H2,1H3;3*1H/t12-,17?,19-;;;/m1.../s1. The van der Waals surface area contributed by atoms with Crippen LogP contribution in [0.25, 0.3) is 21.3 Å². The number of aromatic nitrogens is 3. The Hall–Kier alpha value is -1.51. The minimum Gasteiger partial charge on any atom is -0.387 e. The normalized spacial score (nSPS) is 17.5. The molecule has 0 spiro atoms. The van der Waals surface area contributed by atoms with E-state index >= 15 is 0 Å². The molecule has 5 rings (SSSR count). The summed E-state index contributed by atoms with van der Waals surface area (Å²) in [5.41, 5.74) is 12.2. The molecule has 0 saturated carbocycles. The maximum atomic E-state index is 10.3. The Labute approximate surface area is 220 Å². The minimum atomic E-state index is -0.509. The molecular weight excluding hydrogens is 522 g/mol. The maximum Gasteiger partial charge on any atom is 0.116 e. The lowest BCUT2D eigenvalue weighted by molar-refractivity contribution is 0.170. The van der Waals surface area contributed by atoms with Gasteiger partial charge in [0.15, 0.2) is 0 Å². The summed E-state index contributed by atoms with van der Waals surface area (Å²) in [6.07, 6.45) is 2.39. The van der Waals surface area contributed by atoms with Gasteiger partial charge in [0.05, 0.1) is 27.9 Å². The van der Waals surface area contributed by atoms with Crippen LogP contribution < -0.4 is 5.73 Å². The highest BCUT2D eigenvalue weighted by atomic mass is 35.5. The van der Waals surface area contributed by atoms with E-state index in [1.165, 1.54) is 11.5 Å². The summed E-state index contributed by atoms with van der Waals surface area (Å²) < 4.78 is 5.78. The molecule has 0 bridgehead atoms. The summed E-state index contributed by atoms with van der Waals surface area (Å²) in [5.74, 6) is 0.233. The SMILES string of the molecule is C[C@@H]1C[C@@H](O)c2ncnc(-c3ccc4c(CC(N)c5ccc(Cl)cc5)nsc4c3)c21.Cl.Cl.Cl. The highest BCUT2D eigenvalue weighted by Crippen LogP contribution is 2.43. The van der Waals surface area contributed by atoms with Crippen LogP contribution in [0.1, 0.15) is 53.9 Å². The Morgan fingerprint density at radius 2 is 1.85 bits per heavy atom. The number of hydrogen-bond acceptors (Lipinski definition) is 6. The van der Waals surface area contributed by atoms with Crippen LogP contribution in [0.4, 0.5) is 0 Å². The number of benzene rings is 2. The molecule has 0 saturated heterocycles. The molecule has 33 heavy (non-hydrogen) atoms. The fraction of sp³-hybridized carbons (Fsp3) is 0.261. The number of nitrogens with two attached hydrogens (primary N) is 1. The van der Waals surface area contributed by atoms with Gasteiger partial charge in [-0.05, 0) is 47.6 Å². The Bertz CT molecular complexity index is 1240. The smallest absolute Gasteiger partial charge is 0.116 e. The first-order valence-electron chi connectivity index (χ1n) is 9.94. The van der Waals surface area contributed by atoms with Gasteiger partial charge in [-0.25, -0.2) is 9.97 Å². The van der Waals surface area contributed by atoms with Crippen molar-refractivity contribution in [3.05, 3.63) is 76.3 Å². The molecule has 10 heteroatoms. The van der Waals surface area contributed by atoms with Crippen molar-refractivity contribution in [2.45, 2.75) is 37.8 Å². The molecular formula is C23H24Cl4N4OS. The van der Waals surface area contributed by atoms with Crippen molar-refractivity contribution in [1.29, 1.82) is 0 Å². The van der Waals surface area contributed by atoms with E-state index in [1.807, 2.05) is 24.3 Å². The molecule has 2 aromatic heterocycles. The first-order chi connectivity index (χ1) is 14.5. The molecule has 5 nitrogen and oxygen atoms in total. The number of nitrogens with zero attached hydrogens (tertiary/aromatic N) is 3. The van der Waals surface area contributed by atoms with Crippen molar-refractivity contribution in [2.75, 3.05) is 0 Å². The molecule has 0 aliphatic heterocycles. The lowest BCUT2D eigenvalue weighted by atomic mass is 9.97. The van der Waals surface area contributed by atoms with Crippen LogP contribution in [-0.2, 0) is 6.42 Å². The van der Waals surface area contributed by atoms with Crippen LogP contribution in [0.3, 0.4) is 0 Å². The molecule has 4 aromatic rings. The minimum absolute atomic E-state index is 0. The average Bonchev–Trinajstić information content (AvgIpc) is 3.28. The third kappa shape index (κ3) is 5.28. The summed E-state index contributed by atoms with van der Waals surface area (Å²) in [7, 11) is 0. The Kier molecular flexibility index (Phi) is 9.48. The number of aliphatic hydroxyl groups is 1. The van der Waals surface area contributed by atoms with E-state index in [4.69, 9.17) is 17.3 Å².